The third kappa shape index (κ3) is 3.71. The fourth-order valence-corrected chi connectivity index (χ4v) is 5.89. The van der Waals surface area contributed by atoms with Gasteiger partial charge in [0.2, 0.25) is 0 Å². The van der Waals surface area contributed by atoms with Crippen LogP contribution < -0.4 is 5.56 Å². The number of aryl methyl sites for hydroxylation is 2. The van der Waals surface area contributed by atoms with Crippen molar-refractivity contribution >= 4 is 33.3 Å². The van der Waals surface area contributed by atoms with Crippen LogP contribution in [0, 0.1) is 0 Å². The quantitative estimate of drug-likeness (QED) is 0.613. The number of aliphatic hydroxyl groups is 1. The summed E-state index contributed by atoms with van der Waals surface area (Å²) in [6.07, 6.45) is 3.99. The summed E-state index contributed by atoms with van der Waals surface area (Å²) in [4.78, 5) is 22.1. The highest BCUT2D eigenvalue weighted by atomic mass is 32.2. The van der Waals surface area contributed by atoms with E-state index >= 15 is 0 Å². The van der Waals surface area contributed by atoms with Crippen molar-refractivity contribution in [1.82, 2.24) is 14.5 Å². The lowest BCUT2D eigenvalue weighted by molar-refractivity contribution is 0.0188. The predicted molar refractivity (Wildman–Crippen MR) is 105 cm³/mol. The van der Waals surface area contributed by atoms with Gasteiger partial charge in [0, 0.05) is 37.3 Å². The van der Waals surface area contributed by atoms with Crippen molar-refractivity contribution in [1.29, 1.82) is 0 Å². The minimum Gasteiger partial charge on any atom is -0.391 e. The zero-order valence-corrected chi connectivity index (χ0v) is 16.7. The lowest BCUT2D eigenvalue weighted by Crippen LogP contribution is -2.41. The summed E-state index contributed by atoms with van der Waals surface area (Å²) in [6.45, 7) is 3.83. The highest BCUT2D eigenvalue weighted by Gasteiger charge is 2.22. The molecule has 1 aliphatic carbocycles. The van der Waals surface area contributed by atoms with Crippen LogP contribution in [0.3, 0.4) is 0 Å². The van der Waals surface area contributed by atoms with Gasteiger partial charge in [0.1, 0.15) is 4.83 Å². The van der Waals surface area contributed by atoms with Crippen LogP contribution in [0.2, 0.25) is 0 Å². The highest BCUT2D eigenvalue weighted by Crippen LogP contribution is 2.34. The predicted octanol–water partition coefficient (Wildman–Crippen LogP) is 1.66. The molecule has 2 aliphatic rings. The molecule has 0 spiro atoms. The van der Waals surface area contributed by atoms with Gasteiger partial charge in [-0.3, -0.25) is 14.3 Å². The normalized spacial score (nSPS) is 19.6. The van der Waals surface area contributed by atoms with E-state index in [2.05, 4.69) is 4.90 Å². The maximum absolute atomic E-state index is 12.9. The van der Waals surface area contributed by atoms with Crippen molar-refractivity contribution in [2.45, 2.75) is 36.9 Å². The van der Waals surface area contributed by atoms with E-state index in [4.69, 9.17) is 9.72 Å². The molecule has 4 rings (SSSR count). The van der Waals surface area contributed by atoms with Crippen molar-refractivity contribution in [2.24, 2.45) is 7.05 Å². The summed E-state index contributed by atoms with van der Waals surface area (Å²) in [7, 11) is 1.79. The van der Waals surface area contributed by atoms with E-state index in [1.54, 1.807) is 23.0 Å². The first-order chi connectivity index (χ1) is 12.6. The second kappa shape index (κ2) is 7.98. The van der Waals surface area contributed by atoms with Crippen molar-refractivity contribution < 1.29 is 9.84 Å². The first-order valence-corrected chi connectivity index (χ1v) is 11.1. The molecule has 26 heavy (non-hydrogen) atoms. The van der Waals surface area contributed by atoms with Gasteiger partial charge in [0.25, 0.3) is 5.56 Å². The monoisotopic (exact) mass is 395 g/mol. The third-order valence-electron chi connectivity index (χ3n) is 5.13. The van der Waals surface area contributed by atoms with Crippen molar-refractivity contribution in [3.05, 3.63) is 20.8 Å². The number of aromatic nitrogens is 2. The number of ether oxygens (including phenoxy) is 1. The molecule has 2 aromatic rings. The second-order valence-corrected chi connectivity index (χ2v) is 9.10. The zero-order valence-electron chi connectivity index (χ0n) is 15.1. The van der Waals surface area contributed by atoms with Crippen LogP contribution >= 0.6 is 23.1 Å². The average Bonchev–Trinajstić information content (AvgIpc) is 3.02. The maximum atomic E-state index is 12.9. The molecule has 0 unspecified atom stereocenters. The standard InChI is InChI=1S/C18H25N3O3S2/c1-20-17(23)15-13-4-2-3-5-14(13)26-16(15)19-18(20)25-11-12(22)10-21-6-8-24-9-7-21/h12,22H,2-11H2,1H3/t12-/m1/s1. The Morgan fingerprint density at radius 3 is 2.88 bits per heavy atom. The number of hydrogen-bond donors (Lipinski definition) is 1. The van der Waals surface area contributed by atoms with Gasteiger partial charge in [-0.25, -0.2) is 4.98 Å². The van der Waals surface area contributed by atoms with Gasteiger partial charge in [-0.1, -0.05) is 11.8 Å². The first kappa shape index (κ1) is 18.4. The Labute approximate surface area is 161 Å². The molecule has 0 amide bonds. The molecule has 3 heterocycles. The molecular formula is C18H25N3O3S2. The Hall–Kier alpha value is -0.930. The maximum Gasteiger partial charge on any atom is 0.262 e. The van der Waals surface area contributed by atoms with Gasteiger partial charge >= 0.3 is 0 Å². The number of thioether (sulfide) groups is 1. The minimum atomic E-state index is -0.442. The van der Waals surface area contributed by atoms with E-state index in [9.17, 15) is 9.90 Å². The van der Waals surface area contributed by atoms with Gasteiger partial charge in [-0.05, 0) is 31.2 Å². The van der Waals surface area contributed by atoms with Gasteiger partial charge in [0.05, 0.1) is 24.7 Å². The van der Waals surface area contributed by atoms with Gasteiger partial charge < -0.3 is 9.84 Å². The SMILES string of the molecule is Cn1c(SC[C@H](O)CN2CCOCC2)nc2sc3c(c2c1=O)CCCC3. The molecule has 0 radical (unpaired) electrons. The number of aliphatic hydroxyl groups excluding tert-OH is 1. The smallest absolute Gasteiger partial charge is 0.262 e. The molecule has 1 aliphatic heterocycles. The molecule has 8 heteroatoms. The summed E-state index contributed by atoms with van der Waals surface area (Å²) in [6, 6.07) is 0. The van der Waals surface area contributed by atoms with Crippen molar-refractivity contribution in [2.75, 3.05) is 38.6 Å². The van der Waals surface area contributed by atoms with Crippen molar-refractivity contribution in [3.63, 3.8) is 0 Å². The number of thiophene rings is 1. The Balaban J connectivity index is 1.49. The first-order valence-electron chi connectivity index (χ1n) is 9.25. The summed E-state index contributed by atoms with van der Waals surface area (Å²) < 4.78 is 6.99. The zero-order chi connectivity index (χ0) is 18.1. The van der Waals surface area contributed by atoms with Crippen LogP contribution in [0.4, 0.5) is 0 Å². The molecule has 1 N–H and O–H groups in total. The van der Waals surface area contributed by atoms with E-state index < -0.39 is 6.10 Å². The fourth-order valence-electron chi connectivity index (χ4n) is 3.70. The Kier molecular flexibility index (Phi) is 5.66. The molecule has 0 saturated carbocycles. The number of hydrogen-bond acceptors (Lipinski definition) is 7. The molecule has 6 nitrogen and oxygen atoms in total. The largest absolute Gasteiger partial charge is 0.391 e. The van der Waals surface area contributed by atoms with E-state index in [0.29, 0.717) is 17.5 Å². The van der Waals surface area contributed by atoms with Crippen LogP contribution in [0.15, 0.2) is 9.95 Å². The molecule has 1 atom stereocenters. The third-order valence-corrected chi connectivity index (χ3v) is 7.49. The average molecular weight is 396 g/mol. The number of morpholine rings is 1. The summed E-state index contributed by atoms with van der Waals surface area (Å²) in [5.74, 6) is 0.536. The molecular weight excluding hydrogens is 370 g/mol. The number of β-amino-alcohol motifs (C(OH)–C–C–N with tert-alkyl or cyclic N) is 1. The molecule has 2 aromatic heterocycles. The molecule has 142 valence electrons. The Morgan fingerprint density at radius 2 is 2.08 bits per heavy atom. The number of rotatable bonds is 5. The number of nitrogens with zero attached hydrogens (tertiary/aromatic N) is 3. The van der Waals surface area contributed by atoms with E-state index in [-0.39, 0.29) is 5.56 Å². The van der Waals surface area contributed by atoms with Crippen LogP contribution in [0.1, 0.15) is 23.3 Å². The second-order valence-electron chi connectivity index (χ2n) is 7.03. The molecule has 1 fully saturated rings. The van der Waals surface area contributed by atoms with E-state index in [1.165, 1.54) is 28.6 Å². The van der Waals surface area contributed by atoms with Crippen LogP contribution in [0.25, 0.3) is 10.2 Å². The van der Waals surface area contributed by atoms with Crippen molar-refractivity contribution in [3.8, 4) is 0 Å². The van der Waals surface area contributed by atoms with Crippen LogP contribution in [-0.4, -0.2) is 64.3 Å². The Bertz CT molecular complexity index is 842. The lowest BCUT2D eigenvalue weighted by atomic mass is 9.97. The van der Waals surface area contributed by atoms with Gasteiger partial charge in [-0.15, -0.1) is 11.3 Å². The highest BCUT2D eigenvalue weighted by molar-refractivity contribution is 7.99. The van der Waals surface area contributed by atoms with Crippen LogP contribution in [-0.2, 0) is 24.6 Å². The van der Waals surface area contributed by atoms with E-state index in [0.717, 1.165) is 55.8 Å². The molecule has 1 saturated heterocycles. The summed E-state index contributed by atoms with van der Waals surface area (Å²) in [5.41, 5.74) is 1.29. The number of fused-ring (bicyclic) bond motifs is 3. The Morgan fingerprint density at radius 1 is 1.31 bits per heavy atom. The summed E-state index contributed by atoms with van der Waals surface area (Å²) >= 11 is 3.15. The van der Waals surface area contributed by atoms with Crippen LogP contribution in [0.5, 0.6) is 0 Å². The molecule has 0 bridgehead atoms. The van der Waals surface area contributed by atoms with Gasteiger partial charge in [0.15, 0.2) is 5.16 Å². The minimum absolute atomic E-state index is 0.0552. The molecule has 0 aromatic carbocycles. The lowest BCUT2D eigenvalue weighted by Gasteiger charge is -2.28. The fraction of sp³-hybridized carbons (Fsp3) is 0.667. The van der Waals surface area contributed by atoms with Gasteiger partial charge in [-0.2, -0.15) is 0 Å². The topological polar surface area (TPSA) is 67.6 Å². The summed E-state index contributed by atoms with van der Waals surface area (Å²) in [5, 5.41) is 11.9. The van der Waals surface area contributed by atoms with E-state index in [1.807, 2.05) is 0 Å².